The van der Waals surface area contributed by atoms with Crippen LogP contribution in [0.3, 0.4) is 0 Å². The largest absolute Gasteiger partial charge is 0.444 e. The Kier molecular flexibility index (Phi) is 7.92. The van der Waals surface area contributed by atoms with E-state index in [0.29, 0.717) is 37.0 Å². The molecule has 2 aromatic rings. The van der Waals surface area contributed by atoms with E-state index in [9.17, 15) is 24.5 Å². The SMILES string of the molecule is CC(=O)N1CC[C@@H](NC(=O)[C@H](CCCn2c([N+](=O)[O-])nc3ccccc32)NC(=O)OC(C)(C)C)C1. The molecule has 3 amide bonds. The molecule has 0 radical (unpaired) electrons. The van der Waals surface area contributed by atoms with Gasteiger partial charge in [-0.2, -0.15) is 0 Å². The number of carbonyl (C=O) groups excluding carboxylic acids is 3. The Morgan fingerprint density at radius 1 is 1.29 bits per heavy atom. The van der Waals surface area contributed by atoms with Crippen molar-refractivity contribution in [2.75, 3.05) is 13.1 Å². The van der Waals surface area contributed by atoms with Crippen LogP contribution in [0, 0.1) is 10.1 Å². The number of imidazole rings is 1. The quantitative estimate of drug-likeness (QED) is 0.428. The molecule has 1 fully saturated rings. The summed E-state index contributed by atoms with van der Waals surface area (Å²) >= 11 is 0. The number of benzene rings is 1. The number of amides is 3. The van der Waals surface area contributed by atoms with Crippen LogP contribution in [0.25, 0.3) is 11.0 Å². The maximum atomic E-state index is 13.0. The summed E-state index contributed by atoms with van der Waals surface area (Å²) in [7, 11) is 0. The second-order valence-electron chi connectivity index (χ2n) is 9.61. The molecule has 0 spiro atoms. The summed E-state index contributed by atoms with van der Waals surface area (Å²) in [4.78, 5) is 53.7. The fraction of sp³-hybridized carbons (Fsp3) is 0.565. The highest BCUT2D eigenvalue weighted by Crippen LogP contribution is 2.22. The summed E-state index contributed by atoms with van der Waals surface area (Å²) in [6.45, 7) is 7.85. The van der Waals surface area contributed by atoms with E-state index in [1.807, 2.05) is 0 Å². The van der Waals surface area contributed by atoms with Crippen LogP contribution in [0.5, 0.6) is 0 Å². The number of nitrogens with one attached hydrogen (secondary N) is 2. The van der Waals surface area contributed by atoms with Gasteiger partial charge in [-0.05, 0) is 57.1 Å². The van der Waals surface area contributed by atoms with Crippen LogP contribution < -0.4 is 10.6 Å². The highest BCUT2D eigenvalue weighted by atomic mass is 16.6. The highest BCUT2D eigenvalue weighted by molar-refractivity contribution is 5.86. The fourth-order valence-electron chi connectivity index (χ4n) is 4.06. The number of para-hydroxylation sites is 2. The van der Waals surface area contributed by atoms with Crippen LogP contribution in [0.2, 0.25) is 0 Å². The number of nitro groups is 1. The molecule has 1 aromatic heterocycles. The van der Waals surface area contributed by atoms with Crippen molar-refractivity contribution in [2.45, 2.75) is 71.2 Å². The van der Waals surface area contributed by atoms with Gasteiger partial charge in [0, 0.05) is 26.1 Å². The van der Waals surface area contributed by atoms with Crippen molar-refractivity contribution < 1.29 is 24.0 Å². The van der Waals surface area contributed by atoms with E-state index >= 15 is 0 Å². The van der Waals surface area contributed by atoms with Gasteiger partial charge in [0.05, 0.1) is 6.54 Å². The third-order valence-corrected chi connectivity index (χ3v) is 5.66. The van der Waals surface area contributed by atoms with Crippen LogP contribution >= 0.6 is 0 Å². The molecule has 1 saturated heterocycles. The first-order valence-electron chi connectivity index (χ1n) is 11.6. The molecular weight excluding hydrogens is 456 g/mol. The topological polar surface area (TPSA) is 149 Å². The molecular formula is C23H32N6O6. The van der Waals surface area contributed by atoms with E-state index in [1.54, 1.807) is 49.9 Å². The van der Waals surface area contributed by atoms with Crippen molar-refractivity contribution in [1.29, 1.82) is 0 Å². The van der Waals surface area contributed by atoms with Gasteiger partial charge in [0.15, 0.2) is 5.52 Å². The van der Waals surface area contributed by atoms with Crippen molar-refractivity contribution >= 4 is 34.9 Å². The molecule has 2 N–H and O–H groups in total. The van der Waals surface area contributed by atoms with Crippen LogP contribution in [-0.2, 0) is 20.9 Å². The van der Waals surface area contributed by atoms with Crippen molar-refractivity contribution in [1.82, 2.24) is 25.1 Å². The number of aryl methyl sites for hydroxylation is 1. The second-order valence-corrected chi connectivity index (χ2v) is 9.61. The van der Waals surface area contributed by atoms with Gasteiger partial charge in [0.1, 0.15) is 17.2 Å². The first-order valence-corrected chi connectivity index (χ1v) is 11.6. The van der Waals surface area contributed by atoms with Gasteiger partial charge in [-0.1, -0.05) is 17.1 Å². The number of hydrogen-bond donors (Lipinski definition) is 2. The van der Waals surface area contributed by atoms with Crippen LogP contribution in [0.1, 0.15) is 47.0 Å². The lowest BCUT2D eigenvalue weighted by atomic mass is 10.1. The summed E-state index contributed by atoms with van der Waals surface area (Å²) < 4.78 is 6.81. The molecule has 3 rings (SSSR count). The average molecular weight is 489 g/mol. The highest BCUT2D eigenvalue weighted by Gasteiger charge is 2.30. The molecule has 12 nitrogen and oxygen atoms in total. The summed E-state index contributed by atoms with van der Waals surface area (Å²) in [5.74, 6) is -0.724. The Morgan fingerprint density at radius 2 is 2.00 bits per heavy atom. The first kappa shape index (κ1) is 25.9. The van der Waals surface area contributed by atoms with Crippen molar-refractivity contribution in [3.05, 3.63) is 34.4 Å². The van der Waals surface area contributed by atoms with Crippen LogP contribution in [-0.4, -0.2) is 68.1 Å². The van der Waals surface area contributed by atoms with Crippen molar-refractivity contribution in [3.8, 4) is 0 Å². The zero-order chi connectivity index (χ0) is 25.8. The molecule has 2 heterocycles. The van der Waals surface area contributed by atoms with Crippen LogP contribution in [0.15, 0.2) is 24.3 Å². The predicted octanol–water partition coefficient (Wildman–Crippen LogP) is 2.35. The number of nitrogens with zero attached hydrogens (tertiary/aromatic N) is 4. The van der Waals surface area contributed by atoms with E-state index in [0.717, 1.165) is 0 Å². The van der Waals surface area contributed by atoms with E-state index in [2.05, 4.69) is 15.6 Å². The Bertz CT molecular complexity index is 1110. The lowest BCUT2D eigenvalue weighted by molar-refractivity contribution is -0.396. The minimum absolute atomic E-state index is 0.0562. The van der Waals surface area contributed by atoms with Crippen molar-refractivity contribution in [3.63, 3.8) is 0 Å². The molecule has 2 atom stereocenters. The third kappa shape index (κ3) is 6.90. The number of aromatic nitrogens is 2. The lowest BCUT2D eigenvalue weighted by Gasteiger charge is -2.24. The summed E-state index contributed by atoms with van der Waals surface area (Å²) in [6.07, 6.45) is 0.475. The Morgan fingerprint density at radius 3 is 2.63 bits per heavy atom. The fourth-order valence-corrected chi connectivity index (χ4v) is 4.06. The Labute approximate surface area is 203 Å². The number of carbonyl (C=O) groups is 3. The van der Waals surface area contributed by atoms with Crippen LogP contribution in [0.4, 0.5) is 10.7 Å². The van der Waals surface area contributed by atoms with Gasteiger partial charge in [-0.15, -0.1) is 0 Å². The van der Waals surface area contributed by atoms with Gasteiger partial charge in [0.25, 0.3) is 0 Å². The molecule has 1 aromatic carbocycles. The maximum absolute atomic E-state index is 13.0. The monoisotopic (exact) mass is 488 g/mol. The van der Waals surface area contributed by atoms with Crippen molar-refractivity contribution in [2.24, 2.45) is 0 Å². The zero-order valence-electron chi connectivity index (χ0n) is 20.4. The van der Waals surface area contributed by atoms with E-state index in [1.165, 1.54) is 11.5 Å². The Hall–Kier alpha value is -3.70. The first-order chi connectivity index (χ1) is 16.4. The summed E-state index contributed by atoms with van der Waals surface area (Å²) in [6, 6.07) is 5.85. The summed E-state index contributed by atoms with van der Waals surface area (Å²) in [5.41, 5.74) is 0.390. The molecule has 35 heavy (non-hydrogen) atoms. The van der Waals surface area contributed by atoms with E-state index < -0.39 is 28.6 Å². The predicted molar refractivity (Wildman–Crippen MR) is 128 cm³/mol. The maximum Gasteiger partial charge on any atom is 0.435 e. The number of ether oxygens (including phenoxy) is 1. The molecule has 0 aliphatic carbocycles. The molecule has 12 heteroatoms. The average Bonchev–Trinajstić information content (AvgIpc) is 3.37. The van der Waals surface area contributed by atoms with E-state index in [4.69, 9.17) is 4.74 Å². The van der Waals surface area contributed by atoms with Gasteiger partial charge in [-0.3, -0.25) is 9.59 Å². The second kappa shape index (κ2) is 10.7. The van der Waals surface area contributed by atoms with Gasteiger partial charge in [-0.25, -0.2) is 9.36 Å². The lowest BCUT2D eigenvalue weighted by Crippen LogP contribution is -2.51. The molecule has 0 bridgehead atoms. The minimum atomic E-state index is -0.912. The number of hydrogen-bond acceptors (Lipinski definition) is 7. The van der Waals surface area contributed by atoms with E-state index in [-0.39, 0.29) is 30.9 Å². The Balaban J connectivity index is 1.70. The molecule has 190 valence electrons. The molecule has 1 aliphatic heterocycles. The third-order valence-electron chi connectivity index (χ3n) is 5.66. The number of likely N-dealkylation sites (tertiary alicyclic amines) is 1. The molecule has 0 saturated carbocycles. The van der Waals surface area contributed by atoms with Gasteiger partial charge >= 0.3 is 12.0 Å². The van der Waals surface area contributed by atoms with Gasteiger partial charge in [0.2, 0.25) is 11.8 Å². The molecule has 1 aliphatic rings. The molecule has 0 unspecified atom stereocenters. The minimum Gasteiger partial charge on any atom is -0.444 e. The number of alkyl carbamates (subject to hydrolysis) is 1. The standard InChI is InChI=1S/C23H32N6O6/c1-15(30)27-13-11-16(14-27)24-20(31)18(26-22(32)35-23(2,3)4)9-7-12-28-19-10-6-5-8-17(19)25-21(28)29(33)34/h5-6,8,10,16,18H,7,9,11-14H2,1-4H3,(H,24,31)(H,26,32)/t16-,18+/m1/s1. The smallest absolute Gasteiger partial charge is 0.435 e. The van der Waals surface area contributed by atoms with Gasteiger partial charge < -0.3 is 30.4 Å². The zero-order valence-corrected chi connectivity index (χ0v) is 20.4. The number of rotatable bonds is 8. The summed E-state index contributed by atoms with van der Waals surface area (Å²) in [5, 5.41) is 17.0. The number of fused-ring (bicyclic) bond motifs is 1. The normalized spacial score (nSPS) is 16.7.